The number of hydrogen-bond donors (Lipinski definition) is 2. The third-order valence-electron chi connectivity index (χ3n) is 2.97. The molecule has 5 nitrogen and oxygen atoms in total. The molecule has 20 heavy (non-hydrogen) atoms. The van der Waals surface area contributed by atoms with E-state index >= 15 is 0 Å². The zero-order valence-corrected chi connectivity index (χ0v) is 13.4. The van der Waals surface area contributed by atoms with Crippen LogP contribution in [0.2, 0.25) is 0 Å². The Labute approximate surface area is 121 Å². The number of aryl methyl sites for hydroxylation is 1. The summed E-state index contributed by atoms with van der Waals surface area (Å²) in [5, 5.41) is 0. The molecule has 1 aromatic carbocycles. The summed E-state index contributed by atoms with van der Waals surface area (Å²) in [6.07, 6.45) is 0. The average Bonchev–Trinajstić information content (AvgIpc) is 2.33. The van der Waals surface area contributed by atoms with Crippen LogP contribution in [0.25, 0.3) is 0 Å². The maximum absolute atomic E-state index is 12.3. The van der Waals surface area contributed by atoms with Crippen LogP contribution < -0.4 is 10.5 Å². The summed E-state index contributed by atoms with van der Waals surface area (Å²) in [7, 11) is -3.60. The van der Waals surface area contributed by atoms with Crippen LogP contribution in [0.4, 0.5) is 5.69 Å². The summed E-state index contributed by atoms with van der Waals surface area (Å²) in [6.45, 7) is 8.91. The Bertz CT molecular complexity index is 554. The van der Waals surface area contributed by atoms with Gasteiger partial charge in [-0.1, -0.05) is 19.9 Å². The predicted molar refractivity (Wildman–Crippen MR) is 81.2 cm³/mol. The second-order valence-corrected chi connectivity index (χ2v) is 7.00. The smallest absolute Gasteiger partial charge is 0.242 e. The number of nitrogens with one attached hydrogen (secondary N) is 1. The molecule has 0 amide bonds. The molecule has 0 heterocycles. The number of benzene rings is 1. The first-order chi connectivity index (χ1) is 9.25. The molecule has 0 aliphatic carbocycles. The van der Waals surface area contributed by atoms with E-state index in [9.17, 15) is 8.42 Å². The molecule has 1 aromatic rings. The van der Waals surface area contributed by atoms with E-state index in [0.29, 0.717) is 24.7 Å². The predicted octanol–water partition coefficient (Wildman–Crippen LogP) is 1.84. The molecule has 0 aliphatic heterocycles. The lowest BCUT2D eigenvalue weighted by Crippen LogP contribution is -2.29. The standard InChI is InChI=1S/C14H24N2O3S/c1-10(2)9-19-8-7-16-20(17,18)14-12(4)11(3)5-6-13(14)15/h5-6,10,16H,7-9,15H2,1-4H3. The molecule has 0 unspecified atom stereocenters. The Hall–Kier alpha value is -1.11. The van der Waals surface area contributed by atoms with E-state index in [1.54, 1.807) is 13.0 Å². The highest BCUT2D eigenvalue weighted by Gasteiger charge is 2.20. The molecule has 0 spiro atoms. The van der Waals surface area contributed by atoms with Gasteiger partial charge in [0.25, 0.3) is 0 Å². The lowest BCUT2D eigenvalue weighted by atomic mass is 10.1. The quantitative estimate of drug-likeness (QED) is 0.594. The third-order valence-corrected chi connectivity index (χ3v) is 4.63. The highest BCUT2D eigenvalue weighted by Crippen LogP contribution is 2.24. The van der Waals surface area contributed by atoms with Crippen LogP contribution in [0.5, 0.6) is 0 Å². The zero-order chi connectivity index (χ0) is 15.3. The minimum atomic E-state index is -3.60. The van der Waals surface area contributed by atoms with Gasteiger partial charge in [0.2, 0.25) is 10.0 Å². The Balaban J connectivity index is 2.73. The molecule has 0 bridgehead atoms. The Morgan fingerprint density at radius 3 is 2.55 bits per heavy atom. The van der Waals surface area contributed by atoms with E-state index in [0.717, 1.165) is 5.56 Å². The van der Waals surface area contributed by atoms with E-state index in [1.807, 2.05) is 26.8 Å². The van der Waals surface area contributed by atoms with Gasteiger partial charge < -0.3 is 10.5 Å². The fourth-order valence-corrected chi connectivity index (χ4v) is 3.25. The van der Waals surface area contributed by atoms with Crippen molar-refractivity contribution in [2.75, 3.05) is 25.5 Å². The van der Waals surface area contributed by atoms with Gasteiger partial charge in [-0.05, 0) is 37.0 Å². The van der Waals surface area contributed by atoms with Crippen molar-refractivity contribution in [3.8, 4) is 0 Å². The highest BCUT2D eigenvalue weighted by atomic mass is 32.2. The summed E-state index contributed by atoms with van der Waals surface area (Å²) < 4.78 is 32.4. The van der Waals surface area contributed by atoms with Crippen molar-refractivity contribution in [2.45, 2.75) is 32.6 Å². The molecule has 114 valence electrons. The van der Waals surface area contributed by atoms with Gasteiger partial charge in [0.15, 0.2) is 0 Å². The topological polar surface area (TPSA) is 81.4 Å². The van der Waals surface area contributed by atoms with Crippen LogP contribution in [-0.4, -0.2) is 28.2 Å². The number of rotatable bonds is 7. The lowest BCUT2D eigenvalue weighted by Gasteiger charge is -2.14. The van der Waals surface area contributed by atoms with E-state index in [-0.39, 0.29) is 17.1 Å². The molecule has 0 radical (unpaired) electrons. The van der Waals surface area contributed by atoms with Crippen molar-refractivity contribution in [2.24, 2.45) is 5.92 Å². The summed E-state index contributed by atoms with van der Waals surface area (Å²) in [4.78, 5) is 0.168. The molecule has 3 N–H and O–H groups in total. The summed E-state index contributed by atoms with van der Waals surface area (Å²) in [5.74, 6) is 0.432. The Morgan fingerprint density at radius 2 is 1.95 bits per heavy atom. The van der Waals surface area contributed by atoms with E-state index < -0.39 is 10.0 Å². The van der Waals surface area contributed by atoms with Crippen LogP contribution in [0.3, 0.4) is 0 Å². The maximum atomic E-state index is 12.3. The first-order valence-electron chi connectivity index (χ1n) is 6.68. The average molecular weight is 300 g/mol. The van der Waals surface area contributed by atoms with Crippen molar-refractivity contribution in [1.29, 1.82) is 0 Å². The second kappa shape index (κ2) is 7.06. The fraction of sp³-hybridized carbons (Fsp3) is 0.571. The summed E-state index contributed by atoms with van der Waals surface area (Å²) in [6, 6.07) is 3.43. The minimum absolute atomic E-state index is 0.168. The van der Waals surface area contributed by atoms with Crippen LogP contribution in [0.15, 0.2) is 17.0 Å². The summed E-state index contributed by atoms with van der Waals surface area (Å²) in [5.41, 5.74) is 7.64. The van der Waals surface area contributed by atoms with Gasteiger partial charge in [0.1, 0.15) is 4.90 Å². The van der Waals surface area contributed by atoms with Gasteiger partial charge in [-0.3, -0.25) is 0 Å². The number of anilines is 1. The number of ether oxygens (including phenoxy) is 1. The van der Waals surface area contributed by atoms with Crippen molar-refractivity contribution >= 4 is 15.7 Å². The maximum Gasteiger partial charge on any atom is 0.242 e. The van der Waals surface area contributed by atoms with Crippen molar-refractivity contribution < 1.29 is 13.2 Å². The van der Waals surface area contributed by atoms with Crippen molar-refractivity contribution in [1.82, 2.24) is 4.72 Å². The van der Waals surface area contributed by atoms with E-state index in [4.69, 9.17) is 10.5 Å². The molecule has 0 aromatic heterocycles. The molecule has 0 aliphatic rings. The second-order valence-electron chi connectivity index (χ2n) is 5.29. The van der Waals surface area contributed by atoms with Crippen molar-refractivity contribution in [3.05, 3.63) is 23.3 Å². The van der Waals surface area contributed by atoms with Crippen LogP contribution in [0, 0.1) is 19.8 Å². The Kier molecular flexibility index (Phi) is 5.98. The monoisotopic (exact) mass is 300 g/mol. The molecule has 1 rings (SSSR count). The lowest BCUT2D eigenvalue weighted by molar-refractivity contribution is 0.114. The number of nitrogens with two attached hydrogens (primary N) is 1. The molecule has 0 saturated heterocycles. The van der Waals surface area contributed by atoms with Gasteiger partial charge in [0.05, 0.1) is 12.3 Å². The first kappa shape index (κ1) is 16.9. The van der Waals surface area contributed by atoms with Gasteiger partial charge >= 0.3 is 0 Å². The van der Waals surface area contributed by atoms with Gasteiger partial charge in [-0.2, -0.15) is 0 Å². The largest absolute Gasteiger partial charge is 0.398 e. The number of sulfonamides is 1. The number of hydrogen-bond acceptors (Lipinski definition) is 4. The SMILES string of the molecule is Cc1ccc(N)c(S(=O)(=O)NCCOCC(C)C)c1C. The van der Waals surface area contributed by atoms with Crippen LogP contribution in [-0.2, 0) is 14.8 Å². The Morgan fingerprint density at radius 1 is 1.30 bits per heavy atom. The van der Waals surface area contributed by atoms with Crippen LogP contribution in [0.1, 0.15) is 25.0 Å². The first-order valence-corrected chi connectivity index (χ1v) is 8.17. The van der Waals surface area contributed by atoms with E-state index in [2.05, 4.69) is 4.72 Å². The minimum Gasteiger partial charge on any atom is -0.398 e. The highest BCUT2D eigenvalue weighted by molar-refractivity contribution is 7.89. The molecular formula is C14H24N2O3S. The molecule has 0 fully saturated rings. The molecule has 6 heteroatoms. The summed E-state index contributed by atoms with van der Waals surface area (Å²) >= 11 is 0. The van der Waals surface area contributed by atoms with Gasteiger partial charge in [-0.25, -0.2) is 13.1 Å². The third kappa shape index (κ3) is 4.47. The zero-order valence-electron chi connectivity index (χ0n) is 12.6. The fourth-order valence-electron chi connectivity index (χ4n) is 1.81. The van der Waals surface area contributed by atoms with E-state index in [1.165, 1.54) is 0 Å². The normalized spacial score (nSPS) is 12.1. The molecule has 0 saturated carbocycles. The van der Waals surface area contributed by atoms with Crippen LogP contribution >= 0.6 is 0 Å². The van der Waals surface area contributed by atoms with Crippen molar-refractivity contribution in [3.63, 3.8) is 0 Å². The number of nitrogen functional groups attached to an aromatic ring is 1. The molecular weight excluding hydrogens is 276 g/mol. The van der Waals surface area contributed by atoms with Gasteiger partial charge in [0, 0.05) is 13.2 Å². The van der Waals surface area contributed by atoms with Gasteiger partial charge in [-0.15, -0.1) is 0 Å². The molecule has 0 atom stereocenters.